The highest BCUT2D eigenvalue weighted by Crippen LogP contribution is 2.32. The Balaban J connectivity index is 1.71. The number of hydrogen-bond donors (Lipinski definition) is 2. The van der Waals surface area contributed by atoms with Gasteiger partial charge in [0.2, 0.25) is 5.91 Å². The van der Waals surface area contributed by atoms with Crippen LogP contribution in [0.1, 0.15) is 38.2 Å². The molecule has 0 radical (unpaired) electrons. The molecule has 140 valence electrons. The molecular weight excluding hydrogens is 374 g/mol. The first kappa shape index (κ1) is 19.5. The number of thiazole rings is 1. The number of unbranched alkanes of at least 4 members (excludes halogenated alkanes) is 2. The molecule has 1 aromatic heterocycles. The molecule has 3 aromatic rings. The van der Waals surface area contributed by atoms with E-state index in [0.717, 1.165) is 51.3 Å². The van der Waals surface area contributed by atoms with Crippen LogP contribution in [0.15, 0.2) is 42.5 Å². The Hall–Kier alpha value is -2.31. The van der Waals surface area contributed by atoms with Gasteiger partial charge in [0.15, 0.2) is 5.11 Å². The highest BCUT2D eigenvalue weighted by molar-refractivity contribution is 7.80. The molecule has 1 heterocycles. The van der Waals surface area contributed by atoms with E-state index >= 15 is 0 Å². The largest absolute Gasteiger partial charge is 0.332 e. The Bertz CT molecular complexity index is 932. The maximum atomic E-state index is 11.9. The summed E-state index contributed by atoms with van der Waals surface area (Å²) in [7, 11) is 0. The van der Waals surface area contributed by atoms with E-state index in [2.05, 4.69) is 29.7 Å². The van der Waals surface area contributed by atoms with Crippen LogP contribution in [0.25, 0.3) is 20.8 Å². The summed E-state index contributed by atoms with van der Waals surface area (Å²) in [4.78, 5) is 16.7. The number of nitrogens with one attached hydrogen (secondary N) is 2. The molecule has 1 amide bonds. The van der Waals surface area contributed by atoms with Gasteiger partial charge in [-0.15, -0.1) is 11.3 Å². The Labute approximate surface area is 169 Å². The summed E-state index contributed by atoms with van der Waals surface area (Å²) in [6, 6.07) is 14.2. The molecule has 2 aromatic carbocycles. The van der Waals surface area contributed by atoms with E-state index in [1.165, 1.54) is 0 Å². The summed E-state index contributed by atoms with van der Waals surface area (Å²) in [5, 5.41) is 7.22. The Morgan fingerprint density at radius 3 is 2.78 bits per heavy atom. The van der Waals surface area contributed by atoms with Gasteiger partial charge in [0.25, 0.3) is 0 Å². The van der Waals surface area contributed by atoms with Crippen molar-refractivity contribution in [3.05, 3.63) is 48.0 Å². The quantitative estimate of drug-likeness (QED) is 0.416. The summed E-state index contributed by atoms with van der Waals surface area (Å²) in [5.41, 5.74) is 3.97. The van der Waals surface area contributed by atoms with Crippen LogP contribution >= 0.6 is 23.6 Å². The van der Waals surface area contributed by atoms with Gasteiger partial charge in [-0.05, 0) is 49.3 Å². The zero-order valence-electron chi connectivity index (χ0n) is 15.5. The second kappa shape index (κ2) is 9.06. The van der Waals surface area contributed by atoms with Crippen molar-refractivity contribution in [2.45, 2.75) is 39.5 Å². The number of nitrogens with zero attached hydrogens (tertiary/aromatic N) is 1. The molecule has 0 aliphatic heterocycles. The molecule has 0 saturated carbocycles. The Morgan fingerprint density at radius 1 is 1.19 bits per heavy atom. The zero-order valence-corrected chi connectivity index (χ0v) is 17.2. The molecule has 0 atom stereocenters. The van der Waals surface area contributed by atoms with Crippen LogP contribution in [0.5, 0.6) is 0 Å². The van der Waals surface area contributed by atoms with E-state index in [-0.39, 0.29) is 5.91 Å². The van der Waals surface area contributed by atoms with Gasteiger partial charge in [0.1, 0.15) is 5.01 Å². The second-order valence-electron chi connectivity index (χ2n) is 6.48. The molecule has 3 rings (SSSR count). The normalized spacial score (nSPS) is 10.7. The number of carbonyl (C=O) groups excluding carboxylic acids is 1. The predicted octanol–water partition coefficient (Wildman–Crippen LogP) is 5.67. The van der Waals surface area contributed by atoms with Gasteiger partial charge in [-0.1, -0.05) is 44.0 Å². The highest BCUT2D eigenvalue weighted by Gasteiger charge is 2.10. The molecule has 0 unspecified atom stereocenters. The number of carbonyl (C=O) groups is 1. The SMILES string of the molecule is CCCCCC(=O)NC(=S)Nc1cc(-c2nc3ccccc3s2)ccc1C. The minimum atomic E-state index is -0.0408. The number of rotatable bonds is 6. The van der Waals surface area contributed by atoms with Gasteiger partial charge in [-0.2, -0.15) is 0 Å². The summed E-state index contributed by atoms with van der Waals surface area (Å²) >= 11 is 6.97. The van der Waals surface area contributed by atoms with Gasteiger partial charge in [-0.25, -0.2) is 4.98 Å². The molecule has 0 aliphatic carbocycles. The summed E-state index contributed by atoms with van der Waals surface area (Å²) in [5.74, 6) is -0.0408. The number of amides is 1. The average molecular weight is 398 g/mol. The predicted molar refractivity (Wildman–Crippen MR) is 118 cm³/mol. The standard InChI is InChI=1S/C21H23N3OS2/c1-3-4-5-10-19(25)24-21(26)23-17-13-15(12-11-14(17)2)20-22-16-8-6-7-9-18(16)27-20/h6-9,11-13H,3-5,10H2,1-2H3,(H2,23,24,25,26). The summed E-state index contributed by atoms with van der Waals surface area (Å²) < 4.78 is 1.16. The molecule has 4 nitrogen and oxygen atoms in total. The maximum Gasteiger partial charge on any atom is 0.226 e. The van der Waals surface area contributed by atoms with E-state index in [4.69, 9.17) is 17.2 Å². The third kappa shape index (κ3) is 5.11. The van der Waals surface area contributed by atoms with Crippen LogP contribution in [0.3, 0.4) is 0 Å². The number of benzene rings is 2. The van der Waals surface area contributed by atoms with Crippen LogP contribution in [0, 0.1) is 6.92 Å². The minimum absolute atomic E-state index is 0.0408. The van der Waals surface area contributed by atoms with E-state index < -0.39 is 0 Å². The van der Waals surface area contributed by atoms with Gasteiger partial charge in [-0.3, -0.25) is 4.79 Å². The summed E-state index contributed by atoms with van der Waals surface area (Å²) in [6.45, 7) is 4.13. The third-order valence-electron chi connectivity index (χ3n) is 4.29. The molecule has 27 heavy (non-hydrogen) atoms. The number of hydrogen-bond acceptors (Lipinski definition) is 4. The van der Waals surface area contributed by atoms with E-state index in [0.29, 0.717) is 11.5 Å². The van der Waals surface area contributed by atoms with Crippen LogP contribution in [-0.2, 0) is 4.79 Å². The Morgan fingerprint density at radius 2 is 2.00 bits per heavy atom. The zero-order chi connectivity index (χ0) is 19.2. The number of aromatic nitrogens is 1. The van der Waals surface area contributed by atoms with Gasteiger partial charge in [0, 0.05) is 17.7 Å². The van der Waals surface area contributed by atoms with Crippen molar-refractivity contribution in [1.29, 1.82) is 0 Å². The molecule has 6 heteroatoms. The molecule has 0 spiro atoms. The smallest absolute Gasteiger partial charge is 0.226 e. The van der Waals surface area contributed by atoms with Crippen molar-refractivity contribution in [2.24, 2.45) is 0 Å². The lowest BCUT2D eigenvalue weighted by atomic mass is 10.1. The molecular formula is C21H23N3OS2. The lowest BCUT2D eigenvalue weighted by molar-refractivity contribution is -0.119. The van der Waals surface area contributed by atoms with E-state index in [9.17, 15) is 4.79 Å². The number of anilines is 1. The van der Waals surface area contributed by atoms with Crippen molar-refractivity contribution >= 4 is 50.5 Å². The molecule has 0 aliphatic rings. The number of fused-ring (bicyclic) bond motifs is 1. The second-order valence-corrected chi connectivity index (χ2v) is 7.91. The Kier molecular flexibility index (Phi) is 6.53. The molecule has 0 saturated heterocycles. The first-order valence-corrected chi connectivity index (χ1v) is 10.4. The van der Waals surface area contributed by atoms with Crippen LogP contribution in [0.4, 0.5) is 5.69 Å². The van der Waals surface area contributed by atoms with Crippen molar-refractivity contribution in [2.75, 3.05) is 5.32 Å². The fourth-order valence-electron chi connectivity index (χ4n) is 2.76. The minimum Gasteiger partial charge on any atom is -0.332 e. The fraction of sp³-hybridized carbons (Fsp3) is 0.286. The lowest BCUT2D eigenvalue weighted by Gasteiger charge is -2.12. The van der Waals surface area contributed by atoms with Crippen molar-refractivity contribution < 1.29 is 4.79 Å². The topological polar surface area (TPSA) is 54.0 Å². The van der Waals surface area contributed by atoms with Gasteiger partial charge < -0.3 is 10.6 Å². The molecule has 0 bridgehead atoms. The van der Waals surface area contributed by atoms with Gasteiger partial charge >= 0.3 is 0 Å². The molecule has 0 fully saturated rings. The molecule has 2 N–H and O–H groups in total. The van der Waals surface area contributed by atoms with E-state index in [1.54, 1.807) is 11.3 Å². The van der Waals surface area contributed by atoms with Crippen LogP contribution in [-0.4, -0.2) is 16.0 Å². The fourth-order valence-corrected chi connectivity index (χ4v) is 3.95. The highest BCUT2D eigenvalue weighted by atomic mass is 32.1. The van der Waals surface area contributed by atoms with Crippen molar-refractivity contribution in [3.63, 3.8) is 0 Å². The number of aryl methyl sites for hydroxylation is 1. The maximum absolute atomic E-state index is 11.9. The summed E-state index contributed by atoms with van der Waals surface area (Å²) in [6.07, 6.45) is 3.53. The monoisotopic (exact) mass is 397 g/mol. The van der Waals surface area contributed by atoms with Crippen molar-refractivity contribution in [1.82, 2.24) is 10.3 Å². The van der Waals surface area contributed by atoms with Crippen LogP contribution in [0.2, 0.25) is 0 Å². The number of para-hydroxylation sites is 1. The first-order valence-electron chi connectivity index (χ1n) is 9.14. The third-order valence-corrected chi connectivity index (χ3v) is 5.58. The average Bonchev–Trinajstić information content (AvgIpc) is 3.08. The van der Waals surface area contributed by atoms with Crippen molar-refractivity contribution in [3.8, 4) is 10.6 Å². The first-order chi connectivity index (χ1) is 13.1. The van der Waals surface area contributed by atoms with E-state index in [1.807, 2.05) is 37.3 Å². The van der Waals surface area contributed by atoms with Gasteiger partial charge in [0.05, 0.1) is 10.2 Å². The number of thiocarbonyl (C=S) groups is 1. The van der Waals surface area contributed by atoms with Crippen LogP contribution < -0.4 is 10.6 Å². The lowest BCUT2D eigenvalue weighted by Crippen LogP contribution is -2.34.